The summed E-state index contributed by atoms with van der Waals surface area (Å²) >= 11 is 0. The molecule has 2 heterocycles. The Morgan fingerprint density at radius 1 is 1.58 bits per heavy atom. The average molecular weight is 264 g/mol. The first-order chi connectivity index (χ1) is 8.99. The van der Waals surface area contributed by atoms with Crippen LogP contribution in [0.5, 0.6) is 0 Å². The molecule has 0 bridgehead atoms. The maximum atomic E-state index is 11.3. The van der Waals surface area contributed by atoms with Crippen molar-refractivity contribution in [1.82, 2.24) is 9.88 Å². The average Bonchev–Trinajstić information content (AvgIpc) is 2.38. The van der Waals surface area contributed by atoms with Gasteiger partial charge >= 0.3 is 5.97 Å². The largest absolute Gasteiger partial charge is 0.478 e. The zero-order chi connectivity index (χ0) is 14.0. The highest BCUT2D eigenvalue weighted by atomic mass is 16.4. The van der Waals surface area contributed by atoms with Crippen molar-refractivity contribution in [2.75, 3.05) is 37.8 Å². The predicted octanol–water partition coefficient (Wildman–Crippen LogP) is 0.892. The molecule has 0 radical (unpaired) electrons. The lowest BCUT2D eigenvalue weighted by atomic mass is 10.0. The maximum absolute atomic E-state index is 11.3. The molecule has 3 N–H and O–H groups in total. The molecule has 6 nitrogen and oxygen atoms in total. The van der Waals surface area contributed by atoms with E-state index in [9.17, 15) is 9.90 Å². The van der Waals surface area contributed by atoms with Gasteiger partial charge in [0.15, 0.2) is 0 Å². The minimum atomic E-state index is -0.962. The fourth-order valence-electron chi connectivity index (χ4n) is 2.48. The number of hydrogen-bond acceptors (Lipinski definition) is 5. The molecule has 104 valence electrons. The number of aromatic nitrogens is 1. The molecule has 1 fully saturated rings. The van der Waals surface area contributed by atoms with E-state index >= 15 is 0 Å². The second-order valence-corrected chi connectivity index (χ2v) is 5.14. The summed E-state index contributed by atoms with van der Waals surface area (Å²) in [7, 11) is 4.10. The number of likely N-dealkylation sites (N-methyl/N-ethyl adjacent to an activating group) is 1. The number of aromatic carboxylic acids is 1. The monoisotopic (exact) mass is 264 g/mol. The second kappa shape index (κ2) is 5.44. The molecule has 1 aliphatic rings. The van der Waals surface area contributed by atoms with Crippen molar-refractivity contribution in [2.24, 2.45) is 0 Å². The maximum Gasteiger partial charge on any atom is 0.338 e. The second-order valence-electron chi connectivity index (χ2n) is 5.14. The van der Waals surface area contributed by atoms with Crippen LogP contribution in [-0.4, -0.2) is 54.2 Å². The number of anilines is 2. The Balaban J connectivity index is 2.28. The highest BCUT2D eigenvalue weighted by Gasteiger charge is 2.25. The van der Waals surface area contributed by atoms with Gasteiger partial charge in [-0.1, -0.05) is 0 Å². The minimum Gasteiger partial charge on any atom is -0.478 e. The quantitative estimate of drug-likeness (QED) is 0.843. The Morgan fingerprint density at radius 2 is 2.32 bits per heavy atom. The summed E-state index contributed by atoms with van der Waals surface area (Å²) in [6.07, 6.45) is 3.75. The van der Waals surface area contributed by atoms with Crippen LogP contribution in [0.15, 0.2) is 12.3 Å². The Kier molecular flexibility index (Phi) is 3.90. The van der Waals surface area contributed by atoms with Gasteiger partial charge in [-0.05, 0) is 33.0 Å². The highest BCUT2D eigenvalue weighted by molar-refractivity contribution is 5.95. The lowest BCUT2D eigenvalue weighted by Crippen LogP contribution is -2.45. The molecule has 1 aliphatic heterocycles. The molecule has 1 aromatic rings. The first-order valence-electron chi connectivity index (χ1n) is 6.39. The summed E-state index contributed by atoms with van der Waals surface area (Å²) in [5, 5.41) is 9.28. The molecule has 0 aliphatic carbocycles. The molecule has 1 unspecified atom stereocenters. The third kappa shape index (κ3) is 2.96. The molecule has 1 saturated heterocycles. The summed E-state index contributed by atoms with van der Waals surface area (Å²) in [5.41, 5.74) is 6.46. The van der Waals surface area contributed by atoms with Crippen molar-refractivity contribution in [3.63, 3.8) is 0 Å². The zero-order valence-electron chi connectivity index (χ0n) is 11.3. The van der Waals surface area contributed by atoms with Gasteiger partial charge in [0.25, 0.3) is 0 Å². The van der Waals surface area contributed by atoms with E-state index in [1.165, 1.54) is 6.07 Å². The van der Waals surface area contributed by atoms with E-state index in [-0.39, 0.29) is 11.4 Å². The standard InChI is InChI=1S/C13H20N4O2/c1-16(2)9-4-3-5-17(8-9)11-7-15-12(14)6-10(11)13(18)19/h6-7,9H,3-5,8H2,1-2H3,(H2,14,15)(H,18,19). The summed E-state index contributed by atoms with van der Waals surface area (Å²) in [4.78, 5) is 19.6. The van der Waals surface area contributed by atoms with E-state index < -0.39 is 5.97 Å². The van der Waals surface area contributed by atoms with Crippen molar-refractivity contribution < 1.29 is 9.90 Å². The minimum absolute atomic E-state index is 0.229. The fourth-order valence-corrected chi connectivity index (χ4v) is 2.48. The van der Waals surface area contributed by atoms with Crippen LogP contribution in [0, 0.1) is 0 Å². The number of carbonyl (C=O) groups is 1. The van der Waals surface area contributed by atoms with E-state index in [0.29, 0.717) is 11.7 Å². The van der Waals surface area contributed by atoms with Crippen molar-refractivity contribution in [1.29, 1.82) is 0 Å². The molecule has 1 aromatic heterocycles. The van der Waals surface area contributed by atoms with Crippen LogP contribution < -0.4 is 10.6 Å². The Morgan fingerprint density at radius 3 is 2.95 bits per heavy atom. The van der Waals surface area contributed by atoms with Crippen LogP contribution in [0.3, 0.4) is 0 Å². The Bertz CT molecular complexity index is 476. The number of nitrogens with zero attached hydrogens (tertiary/aromatic N) is 3. The molecular weight excluding hydrogens is 244 g/mol. The van der Waals surface area contributed by atoms with Crippen molar-refractivity contribution >= 4 is 17.5 Å². The molecule has 19 heavy (non-hydrogen) atoms. The van der Waals surface area contributed by atoms with Gasteiger partial charge < -0.3 is 20.6 Å². The fraction of sp³-hybridized carbons (Fsp3) is 0.538. The van der Waals surface area contributed by atoms with Gasteiger partial charge in [0, 0.05) is 19.1 Å². The molecule has 0 saturated carbocycles. The highest BCUT2D eigenvalue weighted by Crippen LogP contribution is 2.25. The van der Waals surface area contributed by atoms with Crippen molar-refractivity contribution in [3.8, 4) is 0 Å². The first-order valence-corrected chi connectivity index (χ1v) is 6.39. The van der Waals surface area contributed by atoms with E-state index in [0.717, 1.165) is 25.9 Å². The van der Waals surface area contributed by atoms with Gasteiger partial charge in [-0.2, -0.15) is 0 Å². The Hall–Kier alpha value is -1.82. The molecule has 0 spiro atoms. The van der Waals surface area contributed by atoms with Gasteiger partial charge in [-0.25, -0.2) is 9.78 Å². The van der Waals surface area contributed by atoms with E-state index in [1.807, 2.05) is 14.1 Å². The van der Waals surface area contributed by atoms with Crippen molar-refractivity contribution in [3.05, 3.63) is 17.8 Å². The smallest absolute Gasteiger partial charge is 0.338 e. The topological polar surface area (TPSA) is 82.7 Å². The van der Waals surface area contributed by atoms with Crippen LogP contribution >= 0.6 is 0 Å². The normalized spacial score (nSPS) is 19.7. The van der Waals surface area contributed by atoms with Gasteiger partial charge in [-0.3, -0.25) is 0 Å². The number of pyridine rings is 1. The summed E-state index contributed by atoms with van der Waals surface area (Å²) < 4.78 is 0. The summed E-state index contributed by atoms with van der Waals surface area (Å²) in [6.45, 7) is 1.68. The SMILES string of the molecule is CN(C)C1CCCN(c2cnc(N)cc2C(=O)O)C1. The van der Waals surface area contributed by atoms with E-state index in [4.69, 9.17) is 5.73 Å². The molecular formula is C13H20N4O2. The van der Waals surface area contributed by atoms with E-state index in [2.05, 4.69) is 14.8 Å². The number of rotatable bonds is 3. The van der Waals surface area contributed by atoms with Gasteiger partial charge in [0.2, 0.25) is 0 Å². The lowest BCUT2D eigenvalue weighted by molar-refractivity contribution is 0.0697. The summed E-state index contributed by atoms with van der Waals surface area (Å²) in [5.74, 6) is -0.724. The van der Waals surface area contributed by atoms with Crippen molar-refractivity contribution in [2.45, 2.75) is 18.9 Å². The number of carboxylic acids is 1. The lowest BCUT2D eigenvalue weighted by Gasteiger charge is -2.37. The van der Waals surface area contributed by atoms with Crippen LogP contribution in [0.4, 0.5) is 11.5 Å². The van der Waals surface area contributed by atoms with Crippen LogP contribution in [0.2, 0.25) is 0 Å². The molecule has 0 amide bonds. The predicted molar refractivity (Wildman–Crippen MR) is 74.5 cm³/mol. The van der Waals surface area contributed by atoms with Crippen LogP contribution in [0.25, 0.3) is 0 Å². The molecule has 0 aromatic carbocycles. The van der Waals surface area contributed by atoms with Gasteiger partial charge in [0.05, 0.1) is 17.4 Å². The molecule has 6 heteroatoms. The number of nitrogen functional groups attached to an aromatic ring is 1. The number of piperidine rings is 1. The summed E-state index contributed by atoms with van der Waals surface area (Å²) in [6, 6.07) is 1.87. The third-order valence-electron chi connectivity index (χ3n) is 3.60. The molecule has 2 rings (SSSR count). The zero-order valence-corrected chi connectivity index (χ0v) is 11.3. The van der Waals surface area contributed by atoms with Gasteiger partial charge in [0.1, 0.15) is 5.82 Å². The van der Waals surface area contributed by atoms with Crippen LogP contribution in [-0.2, 0) is 0 Å². The van der Waals surface area contributed by atoms with Gasteiger partial charge in [-0.15, -0.1) is 0 Å². The Labute approximate surface area is 112 Å². The number of hydrogen-bond donors (Lipinski definition) is 2. The molecule has 1 atom stereocenters. The van der Waals surface area contributed by atoms with E-state index in [1.54, 1.807) is 6.20 Å². The number of nitrogens with two attached hydrogens (primary N) is 1. The number of carboxylic acid groups (broad SMARTS) is 1. The third-order valence-corrected chi connectivity index (χ3v) is 3.60. The first kappa shape index (κ1) is 13.6. The van der Waals surface area contributed by atoms with Crippen LogP contribution in [0.1, 0.15) is 23.2 Å².